The van der Waals surface area contributed by atoms with Gasteiger partial charge in [0.2, 0.25) is 0 Å². The highest BCUT2D eigenvalue weighted by molar-refractivity contribution is 7.99. The number of nitrogens with one attached hydrogen (secondary N) is 2. The summed E-state index contributed by atoms with van der Waals surface area (Å²) in [5.41, 5.74) is 1.54. The summed E-state index contributed by atoms with van der Waals surface area (Å²) < 4.78 is 4.65. The minimum atomic E-state index is -0.315. The van der Waals surface area contributed by atoms with Crippen molar-refractivity contribution in [3.63, 3.8) is 0 Å². The Bertz CT molecular complexity index is 372. The van der Waals surface area contributed by atoms with Gasteiger partial charge in [0.25, 0.3) is 0 Å². The molecular formula is C12H18N2O2S. The summed E-state index contributed by atoms with van der Waals surface area (Å²) in [5, 5.41) is 3.50. The Morgan fingerprint density at radius 2 is 2.53 bits per heavy atom. The van der Waals surface area contributed by atoms with Crippen LogP contribution < -0.4 is 5.32 Å². The van der Waals surface area contributed by atoms with Crippen LogP contribution in [0.5, 0.6) is 0 Å². The van der Waals surface area contributed by atoms with Crippen LogP contribution in [-0.4, -0.2) is 35.6 Å². The molecule has 0 bridgehead atoms. The van der Waals surface area contributed by atoms with Crippen LogP contribution in [0.3, 0.4) is 0 Å². The summed E-state index contributed by atoms with van der Waals surface area (Å²) in [6, 6.07) is 4.28. The Labute approximate surface area is 106 Å². The summed E-state index contributed by atoms with van der Waals surface area (Å²) in [5.74, 6) is 2.15. The number of hydrogen-bond donors (Lipinski definition) is 2. The van der Waals surface area contributed by atoms with E-state index in [4.69, 9.17) is 0 Å². The molecule has 0 aliphatic carbocycles. The lowest BCUT2D eigenvalue weighted by Gasteiger charge is -2.22. The van der Waals surface area contributed by atoms with E-state index < -0.39 is 0 Å². The smallest absolute Gasteiger partial charge is 0.354 e. The average Bonchev–Trinajstić information content (AvgIpc) is 2.85. The summed E-state index contributed by atoms with van der Waals surface area (Å²) in [7, 11) is 1.39. The summed E-state index contributed by atoms with van der Waals surface area (Å²) in [4.78, 5) is 14.3. The number of hydrogen-bond acceptors (Lipinski definition) is 4. The van der Waals surface area contributed by atoms with Crippen molar-refractivity contribution in [2.75, 3.05) is 18.6 Å². The van der Waals surface area contributed by atoms with Crippen molar-refractivity contribution >= 4 is 17.7 Å². The van der Waals surface area contributed by atoms with Crippen LogP contribution in [-0.2, 0) is 11.3 Å². The van der Waals surface area contributed by atoms with Gasteiger partial charge in [-0.3, -0.25) is 0 Å². The second kappa shape index (κ2) is 6.12. The molecule has 94 valence electrons. The zero-order valence-corrected chi connectivity index (χ0v) is 10.8. The molecular weight excluding hydrogens is 236 g/mol. The zero-order valence-electron chi connectivity index (χ0n) is 9.99. The fourth-order valence-electron chi connectivity index (χ4n) is 1.93. The van der Waals surface area contributed by atoms with E-state index in [0.29, 0.717) is 11.7 Å². The van der Waals surface area contributed by atoms with Crippen LogP contribution in [0, 0.1) is 0 Å². The molecule has 1 atom stereocenters. The quantitative estimate of drug-likeness (QED) is 0.804. The largest absolute Gasteiger partial charge is 0.464 e. The van der Waals surface area contributed by atoms with Gasteiger partial charge in [-0.2, -0.15) is 11.8 Å². The monoisotopic (exact) mass is 254 g/mol. The standard InChI is InChI=1S/C12H18N2O2S/c1-16-12(15)11-5-4-9(14-11)7-13-10-3-2-6-17-8-10/h4-5,10,13-14H,2-3,6-8H2,1H3. The normalized spacial score (nSPS) is 20.2. The predicted octanol–water partition coefficient (Wildman–Crippen LogP) is 1.79. The first-order valence-corrected chi connectivity index (χ1v) is 7.02. The molecule has 0 saturated carbocycles. The molecule has 0 aromatic carbocycles. The van der Waals surface area contributed by atoms with Gasteiger partial charge in [0, 0.05) is 24.0 Å². The first-order chi connectivity index (χ1) is 8.29. The van der Waals surface area contributed by atoms with Gasteiger partial charge >= 0.3 is 5.97 Å². The van der Waals surface area contributed by atoms with Crippen LogP contribution >= 0.6 is 11.8 Å². The highest BCUT2D eigenvalue weighted by Crippen LogP contribution is 2.17. The number of rotatable bonds is 4. The number of esters is 1. The lowest BCUT2D eigenvalue weighted by atomic mass is 10.2. The van der Waals surface area contributed by atoms with Crippen molar-refractivity contribution in [2.24, 2.45) is 0 Å². The molecule has 2 rings (SSSR count). The summed E-state index contributed by atoms with van der Waals surface area (Å²) in [6.45, 7) is 0.780. The Morgan fingerprint density at radius 3 is 3.24 bits per heavy atom. The van der Waals surface area contributed by atoms with Crippen LogP contribution in [0.4, 0.5) is 0 Å². The third-order valence-corrected chi connectivity index (χ3v) is 4.11. The van der Waals surface area contributed by atoms with E-state index in [-0.39, 0.29) is 5.97 Å². The number of carbonyl (C=O) groups is 1. The number of aromatic amines is 1. The first kappa shape index (κ1) is 12.5. The number of carbonyl (C=O) groups excluding carboxylic acids is 1. The highest BCUT2D eigenvalue weighted by Gasteiger charge is 2.13. The molecule has 1 fully saturated rings. The second-order valence-electron chi connectivity index (χ2n) is 4.18. The minimum Gasteiger partial charge on any atom is -0.464 e. The molecule has 4 nitrogen and oxygen atoms in total. The molecule has 0 radical (unpaired) electrons. The van der Waals surface area contributed by atoms with Crippen molar-refractivity contribution in [1.82, 2.24) is 10.3 Å². The maximum absolute atomic E-state index is 11.3. The molecule has 5 heteroatoms. The molecule has 2 heterocycles. The molecule has 2 N–H and O–H groups in total. The van der Waals surface area contributed by atoms with Crippen LogP contribution in [0.2, 0.25) is 0 Å². The number of ether oxygens (including phenoxy) is 1. The van der Waals surface area contributed by atoms with Crippen LogP contribution in [0.25, 0.3) is 0 Å². The molecule has 1 saturated heterocycles. The van der Waals surface area contributed by atoms with Gasteiger partial charge in [-0.1, -0.05) is 0 Å². The van der Waals surface area contributed by atoms with Gasteiger partial charge < -0.3 is 15.0 Å². The number of H-pyrrole nitrogens is 1. The highest BCUT2D eigenvalue weighted by atomic mass is 32.2. The third-order valence-electron chi connectivity index (χ3n) is 2.89. The van der Waals surface area contributed by atoms with E-state index >= 15 is 0 Å². The Kier molecular flexibility index (Phi) is 4.50. The van der Waals surface area contributed by atoms with Gasteiger partial charge in [0.05, 0.1) is 7.11 Å². The topological polar surface area (TPSA) is 54.1 Å². The molecule has 0 spiro atoms. The van der Waals surface area contributed by atoms with Crippen molar-refractivity contribution in [3.05, 3.63) is 23.5 Å². The Hall–Kier alpha value is -0.940. The van der Waals surface area contributed by atoms with Gasteiger partial charge in [-0.25, -0.2) is 4.79 Å². The zero-order chi connectivity index (χ0) is 12.1. The Morgan fingerprint density at radius 1 is 1.65 bits per heavy atom. The van der Waals surface area contributed by atoms with Crippen LogP contribution in [0.1, 0.15) is 29.0 Å². The molecule has 1 unspecified atom stereocenters. The fraction of sp³-hybridized carbons (Fsp3) is 0.583. The van der Waals surface area contributed by atoms with Gasteiger partial charge in [-0.05, 0) is 30.7 Å². The van der Waals surface area contributed by atoms with Crippen molar-refractivity contribution in [3.8, 4) is 0 Å². The van der Waals surface area contributed by atoms with Gasteiger partial charge in [-0.15, -0.1) is 0 Å². The van der Waals surface area contributed by atoms with Crippen molar-refractivity contribution in [2.45, 2.75) is 25.4 Å². The molecule has 1 aliphatic heterocycles. The molecule has 1 aromatic heterocycles. The van der Waals surface area contributed by atoms with E-state index in [9.17, 15) is 4.79 Å². The molecule has 1 aromatic rings. The maximum Gasteiger partial charge on any atom is 0.354 e. The average molecular weight is 254 g/mol. The van der Waals surface area contributed by atoms with E-state index in [1.807, 2.05) is 17.8 Å². The number of methoxy groups -OCH3 is 1. The first-order valence-electron chi connectivity index (χ1n) is 5.87. The number of aromatic nitrogens is 1. The molecule has 17 heavy (non-hydrogen) atoms. The van der Waals surface area contributed by atoms with Gasteiger partial charge in [0.15, 0.2) is 0 Å². The van der Waals surface area contributed by atoms with Crippen molar-refractivity contribution in [1.29, 1.82) is 0 Å². The lowest BCUT2D eigenvalue weighted by Crippen LogP contribution is -2.33. The van der Waals surface area contributed by atoms with Crippen LogP contribution in [0.15, 0.2) is 12.1 Å². The van der Waals surface area contributed by atoms with Gasteiger partial charge in [0.1, 0.15) is 5.69 Å². The summed E-state index contributed by atoms with van der Waals surface area (Å²) in [6.07, 6.45) is 2.54. The third kappa shape index (κ3) is 3.51. The SMILES string of the molecule is COC(=O)c1ccc(CNC2CCCSC2)[nH]1. The van der Waals surface area contributed by atoms with E-state index in [0.717, 1.165) is 12.2 Å². The lowest BCUT2D eigenvalue weighted by molar-refractivity contribution is 0.0594. The molecule has 0 amide bonds. The fourth-order valence-corrected chi connectivity index (χ4v) is 3.03. The minimum absolute atomic E-state index is 0.315. The van der Waals surface area contributed by atoms with E-state index in [2.05, 4.69) is 15.0 Å². The van der Waals surface area contributed by atoms with E-state index in [1.54, 1.807) is 6.07 Å². The molecule has 1 aliphatic rings. The van der Waals surface area contributed by atoms with Crippen molar-refractivity contribution < 1.29 is 9.53 Å². The maximum atomic E-state index is 11.3. The second-order valence-corrected chi connectivity index (χ2v) is 5.33. The summed E-state index contributed by atoms with van der Waals surface area (Å²) >= 11 is 2.01. The Balaban J connectivity index is 1.82. The van der Waals surface area contributed by atoms with E-state index in [1.165, 1.54) is 31.5 Å². The number of thioether (sulfide) groups is 1. The predicted molar refractivity (Wildman–Crippen MR) is 69.3 cm³/mol.